The van der Waals surface area contributed by atoms with Gasteiger partial charge in [-0.15, -0.1) is 11.8 Å². The molecule has 0 radical (unpaired) electrons. The minimum atomic E-state index is -0.487. The van der Waals surface area contributed by atoms with Gasteiger partial charge in [0, 0.05) is 10.6 Å². The third kappa shape index (κ3) is 4.18. The van der Waals surface area contributed by atoms with Gasteiger partial charge in [-0.1, -0.05) is 17.7 Å². The molecule has 1 aliphatic rings. The van der Waals surface area contributed by atoms with Crippen LogP contribution in [0.1, 0.15) is 37.8 Å². The van der Waals surface area contributed by atoms with Crippen molar-refractivity contribution in [2.45, 2.75) is 43.9 Å². The van der Waals surface area contributed by atoms with Crippen LogP contribution in [0.3, 0.4) is 0 Å². The van der Waals surface area contributed by atoms with Crippen LogP contribution in [0.2, 0.25) is 0 Å². The third-order valence-electron chi connectivity index (χ3n) is 4.58. The number of hydrogen-bond acceptors (Lipinski definition) is 3. The van der Waals surface area contributed by atoms with Crippen LogP contribution in [0, 0.1) is 6.92 Å². The molecule has 0 bridgehead atoms. The molecule has 3 nitrogen and oxygen atoms in total. The van der Waals surface area contributed by atoms with Gasteiger partial charge >= 0.3 is 0 Å². The van der Waals surface area contributed by atoms with Crippen LogP contribution in [-0.2, 0) is 10.2 Å². The lowest BCUT2D eigenvalue weighted by Crippen LogP contribution is -2.26. The van der Waals surface area contributed by atoms with Crippen LogP contribution < -0.4 is 10.1 Å². The number of anilines is 1. The molecule has 0 spiro atoms. The van der Waals surface area contributed by atoms with Crippen LogP contribution in [0.15, 0.2) is 47.4 Å². The molecule has 1 N–H and O–H groups in total. The van der Waals surface area contributed by atoms with E-state index in [1.807, 2.05) is 43.8 Å². The number of amides is 1. The molecule has 2 aromatic carbocycles. The standard InChI is InChI=1S/C21H25NO2S/c1-15-6-9-17(10-7-15)25-13-5-4-12-24-16-8-11-19-18(14-16)21(2,3)20(23)22-19/h6-11,14H,4-5,12-13H2,1-3H3,(H,22,23). The quantitative estimate of drug-likeness (QED) is 0.549. The van der Waals surface area contributed by atoms with Gasteiger partial charge in [-0.2, -0.15) is 0 Å². The fourth-order valence-electron chi connectivity index (χ4n) is 2.86. The Morgan fingerprint density at radius 1 is 1.08 bits per heavy atom. The second kappa shape index (κ2) is 7.52. The first-order valence-electron chi connectivity index (χ1n) is 8.75. The van der Waals surface area contributed by atoms with Crippen molar-refractivity contribution in [2.24, 2.45) is 0 Å². The lowest BCUT2D eigenvalue weighted by Gasteiger charge is -2.16. The molecule has 0 fully saturated rings. The number of nitrogens with one attached hydrogen (secondary N) is 1. The topological polar surface area (TPSA) is 38.3 Å². The van der Waals surface area contributed by atoms with E-state index in [1.165, 1.54) is 10.5 Å². The SMILES string of the molecule is Cc1ccc(SCCCCOc2ccc3c(c2)C(C)(C)C(=O)N3)cc1. The van der Waals surface area contributed by atoms with E-state index in [-0.39, 0.29) is 5.91 Å². The van der Waals surface area contributed by atoms with E-state index in [0.717, 1.165) is 35.6 Å². The van der Waals surface area contributed by atoms with Gasteiger partial charge in [0.15, 0.2) is 0 Å². The Labute approximate surface area is 154 Å². The highest BCUT2D eigenvalue weighted by molar-refractivity contribution is 7.99. The molecule has 4 heteroatoms. The number of hydrogen-bond donors (Lipinski definition) is 1. The van der Waals surface area contributed by atoms with Crippen LogP contribution in [0.5, 0.6) is 5.75 Å². The molecule has 0 unspecified atom stereocenters. The molecule has 0 saturated heterocycles. The van der Waals surface area contributed by atoms with Gasteiger partial charge in [0.25, 0.3) is 0 Å². The fraction of sp³-hybridized carbons (Fsp3) is 0.381. The molecule has 0 saturated carbocycles. The van der Waals surface area contributed by atoms with E-state index in [9.17, 15) is 4.79 Å². The van der Waals surface area contributed by atoms with Crippen molar-refractivity contribution in [3.05, 3.63) is 53.6 Å². The summed E-state index contributed by atoms with van der Waals surface area (Å²) in [4.78, 5) is 13.3. The molecular formula is C21H25NO2S. The van der Waals surface area contributed by atoms with Crippen LogP contribution in [0.4, 0.5) is 5.69 Å². The predicted octanol–water partition coefficient (Wildman–Crippen LogP) is 5.18. The maximum absolute atomic E-state index is 12.0. The Balaban J connectivity index is 1.42. The van der Waals surface area contributed by atoms with Gasteiger partial charge in [0.1, 0.15) is 5.75 Å². The number of aryl methyl sites for hydroxylation is 1. The zero-order valence-corrected chi connectivity index (χ0v) is 15.9. The first-order chi connectivity index (χ1) is 12.0. The van der Waals surface area contributed by atoms with E-state index in [1.54, 1.807) is 0 Å². The number of thioether (sulfide) groups is 1. The number of rotatable bonds is 7. The van der Waals surface area contributed by atoms with Crippen molar-refractivity contribution < 1.29 is 9.53 Å². The van der Waals surface area contributed by atoms with Crippen molar-refractivity contribution in [3.63, 3.8) is 0 Å². The summed E-state index contributed by atoms with van der Waals surface area (Å²) in [5.74, 6) is 1.99. The normalized spacial score (nSPS) is 14.9. The zero-order valence-electron chi connectivity index (χ0n) is 15.1. The summed E-state index contributed by atoms with van der Waals surface area (Å²) in [5.41, 5.74) is 2.73. The van der Waals surface area contributed by atoms with Gasteiger partial charge in [-0.25, -0.2) is 0 Å². The average Bonchev–Trinajstić information content (AvgIpc) is 2.82. The van der Waals surface area contributed by atoms with Crippen molar-refractivity contribution in [1.82, 2.24) is 0 Å². The molecular weight excluding hydrogens is 330 g/mol. The smallest absolute Gasteiger partial charge is 0.234 e. The van der Waals surface area contributed by atoms with E-state index in [0.29, 0.717) is 6.61 Å². The first-order valence-corrected chi connectivity index (χ1v) is 9.73. The largest absolute Gasteiger partial charge is 0.494 e. The summed E-state index contributed by atoms with van der Waals surface area (Å²) in [6, 6.07) is 14.5. The highest BCUT2D eigenvalue weighted by atomic mass is 32.2. The monoisotopic (exact) mass is 355 g/mol. The van der Waals surface area contributed by atoms with Gasteiger partial charge in [-0.05, 0) is 75.3 Å². The molecule has 25 heavy (non-hydrogen) atoms. The minimum absolute atomic E-state index is 0.0489. The van der Waals surface area contributed by atoms with Crippen LogP contribution in [-0.4, -0.2) is 18.3 Å². The van der Waals surface area contributed by atoms with Crippen LogP contribution in [0.25, 0.3) is 0 Å². The molecule has 132 valence electrons. The lowest BCUT2D eigenvalue weighted by molar-refractivity contribution is -0.119. The number of unbranched alkanes of at least 4 members (excludes halogenated alkanes) is 1. The summed E-state index contributed by atoms with van der Waals surface area (Å²) in [5, 5.41) is 2.92. The first kappa shape index (κ1) is 17.9. The molecule has 0 atom stereocenters. The Bertz CT molecular complexity index is 753. The van der Waals surface area contributed by atoms with Gasteiger partial charge in [-0.3, -0.25) is 4.79 Å². The van der Waals surface area contributed by atoms with Gasteiger partial charge < -0.3 is 10.1 Å². The van der Waals surface area contributed by atoms with Gasteiger partial charge in [0.05, 0.1) is 12.0 Å². The Kier molecular flexibility index (Phi) is 5.38. The summed E-state index contributed by atoms with van der Waals surface area (Å²) in [6.07, 6.45) is 2.14. The molecule has 1 heterocycles. The number of ether oxygens (including phenoxy) is 1. The molecule has 3 rings (SSSR count). The van der Waals surface area contributed by atoms with Gasteiger partial charge in [0.2, 0.25) is 5.91 Å². The fourth-order valence-corrected chi connectivity index (χ4v) is 3.77. The summed E-state index contributed by atoms with van der Waals surface area (Å²) in [6.45, 7) is 6.70. The summed E-state index contributed by atoms with van der Waals surface area (Å²) < 4.78 is 5.88. The van der Waals surface area contributed by atoms with E-state index in [2.05, 4.69) is 36.5 Å². The average molecular weight is 356 g/mol. The minimum Gasteiger partial charge on any atom is -0.494 e. The van der Waals surface area contributed by atoms with E-state index >= 15 is 0 Å². The second-order valence-corrected chi connectivity index (χ2v) is 8.17. The Hall–Kier alpha value is -1.94. The van der Waals surface area contributed by atoms with E-state index in [4.69, 9.17) is 4.74 Å². The van der Waals surface area contributed by atoms with E-state index < -0.39 is 5.41 Å². The van der Waals surface area contributed by atoms with Crippen molar-refractivity contribution in [1.29, 1.82) is 0 Å². The van der Waals surface area contributed by atoms with Crippen molar-refractivity contribution in [3.8, 4) is 5.75 Å². The number of fused-ring (bicyclic) bond motifs is 1. The molecule has 0 aliphatic carbocycles. The Morgan fingerprint density at radius 2 is 1.84 bits per heavy atom. The number of benzene rings is 2. The summed E-state index contributed by atoms with van der Waals surface area (Å²) >= 11 is 1.89. The van der Waals surface area contributed by atoms with Crippen molar-refractivity contribution >= 4 is 23.4 Å². The lowest BCUT2D eigenvalue weighted by atomic mass is 9.86. The third-order valence-corrected chi connectivity index (χ3v) is 5.68. The zero-order chi connectivity index (χ0) is 17.9. The molecule has 1 aliphatic heterocycles. The van der Waals surface area contributed by atoms with Crippen LogP contribution >= 0.6 is 11.8 Å². The molecule has 2 aromatic rings. The maximum atomic E-state index is 12.0. The highest BCUT2D eigenvalue weighted by Crippen LogP contribution is 2.39. The number of carbonyl (C=O) groups is 1. The number of carbonyl (C=O) groups excluding carboxylic acids is 1. The predicted molar refractivity (Wildman–Crippen MR) is 105 cm³/mol. The molecule has 1 amide bonds. The highest BCUT2D eigenvalue weighted by Gasteiger charge is 2.38. The Morgan fingerprint density at radius 3 is 2.60 bits per heavy atom. The van der Waals surface area contributed by atoms with Crippen molar-refractivity contribution in [2.75, 3.05) is 17.7 Å². The summed E-state index contributed by atoms with van der Waals surface area (Å²) in [7, 11) is 0. The maximum Gasteiger partial charge on any atom is 0.234 e. The molecule has 0 aromatic heterocycles. The second-order valence-electron chi connectivity index (χ2n) is 7.00.